The number of aryl methyl sites for hydroxylation is 3. The van der Waals surface area contributed by atoms with Gasteiger partial charge in [0.1, 0.15) is 0 Å². The van der Waals surface area contributed by atoms with Gasteiger partial charge in [-0.15, -0.1) is 0 Å². The molecule has 0 aliphatic heterocycles. The van der Waals surface area contributed by atoms with Gasteiger partial charge in [0.15, 0.2) is 5.78 Å². The van der Waals surface area contributed by atoms with Crippen molar-refractivity contribution in [1.82, 2.24) is 4.57 Å². The number of hydrogen-bond donors (Lipinski definition) is 1. The van der Waals surface area contributed by atoms with E-state index in [1.807, 2.05) is 32.9 Å². The Bertz CT molecular complexity index is 1140. The minimum Gasteiger partial charge on any atom is -0.326 e. The molecular formula is C23H24N2O3. The molecule has 0 spiro atoms. The first-order valence-electron chi connectivity index (χ1n) is 9.24. The number of Topliss-reactive ketones (excluding diaryl/α,β-unsaturated/α-hetero) is 1. The number of anilines is 1. The Morgan fingerprint density at radius 3 is 2.21 bits per heavy atom. The number of nitrogens with zero attached hydrogens (tertiary/aromatic N) is 1. The fourth-order valence-corrected chi connectivity index (χ4v) is 3.69. The van der Waals surface area contributed by atoms with Gasteiger partial charge in [-0.05, 0) is 69.2 Å². The molecule has 0 fully saturated rings. The molecule has 5 nitrogen and oxygen atoms in total. The fourth-order valence-electron chi connectivity index (χ4n) is 3.69. The highest BCUT2D eigenvalue weighted by atomic mass is 16.2. The highest BCUT2D eigenvalue weighted by molar-refractivity contribution is 6.00. The van der Waals surface area contributed by atoms with E-state index in [2.05, 4.69) is 5.32 Å². The van der Waals surface area contributed by atoms with Crippen LogP contribution in [-0.4, -0.2) is 16.3 Å². The van der Waals surface area contributed by atoms with Crippen LogP contribution in [0, 0.1) is 20.8 Å². The van der Waals surface area contributed by atoms with Crippen LogP contribution in [0.2, 0.25) is 0 Å². The van der Waals surface area contributed by atoms with Crippen molar-refractivity contribution in [1.29, 1.82) is 0 Å². The number of carbonyl (C=O) groups excluding carboxylic acids is 2. The van der Waals surface area contributed by atoms with Crippen LogP contribution in [-0.2, 0) is 4.79 Å². The quantitative estimate of drug-likeness (QED) is 0.689. The summed E-state index contributed by atoms with van der Waals surface area (Å²) in [5, 5.41) is 3.66. The van der Waals surface area contributed by atoms with Crippen molar-refractivity contribution in [3.05, 3.63) is 75.1 Å². The molecule has 1 aromatic heterocycles. The van der Waals surface area contributed by atoms with Gasteiger partial charge in [-0.3, -0.25) is 19.0 Å². The van der Waals surface area contributed by atoms with Crippen LogP contribution in [0.3, 0.4) is 0 Å². The zero-order valence-corrected chi connectivity index (χ0v) is 16.8. The Balaban J connectivity index is 2.08. The van der Waals surface area contributed by atoms with Crippen molar-refractivity contribution in [2.75, 3.05) is 5.32 Å². The lowest BCUT2D eigenvalue weighted by Gasteiger charge is -2.20. The number of pyridine rings is 1. The second kappa shape index (κ2) is 7.43. The molecule has 3 rings (SSSR count). The van der Waals surface area contributed by atoms with Gasteiger partial charge in [0, 0.05) is 29.6 Å². The van der Waals surface area contributed by atoms with Crippen LogP contribution < -0.4 is 10.9 Å². The third-order valence-corrected chi connectivity index (χ3v) is 4.94. The second-order valence-corrected chi connectivity index (χ2v) is 7.31. The van der Waals surface area contributed by atoms with Crippen molar-refractivity contribution in [3.8, 4) is 0 Å². The smallest absolute Gasteiger partial charge is 0.251 e. The van der Waals surface area contributed by atoms with Crippen molar-refractivity contribution >= 4 is 28.3 Å². The van der Waals surface area contributed by atoms with E-state index in [9.17, 15) is 14.4 Å². The summed E-state index contributed by atoms with van der Waals surface area (Å²) in [4.78, 5) is 37.1. The van der Waals surface area contributed by atoms with Gasteiger partial charge in [0.25, 0.3) is 5.56 Å². The lowest BCUT2D eigenvalue weighted by atomic mass is 10.00. The first-order valence-corrected chi connectivity index (χ1v) is 9.24. The molecule has 1 amide bonds. The lowest BCUT2D eigenvalue weighted by molar-refractivity contribution is -0.114. The van der Waals surface area contributed by atoms with E-state index in [4.69, 9.17) is 0 Å². The Morgan fingerprint density at radius 1 is 0.964 bits per heavy atom. The van der Waals surface area contributed by atoms with Gasteiger partial charge in [-0.25, -0.2) is 0 Å². The average molecular weight is 376 g/mol. The number of hydrogen-bond acceptors (Lipinski definition) is 3. The molecular weight excluding hydrogens is 352 g/mol. The normalized spacial score (nSPS) is 12.0. The van der Waals surface area contributed by atoms with Gasteiger partial charge >= 0.3 is 0 Å². The third-order valence-electron chi connectivity index (χ3n) is 4.94. The van der Waals surface area contributed by atoms with Crippen LogP contribution in [0.25, 0.3) is 10.9 Å². The number of rotatable bonds is 4. The Kier molecular flexibility index (Phi) is 5.18. The van der Waals surface area contributed by atoms with Crippen molar-refractivity contribution in [2.45, 2.75) is 40.7 Å². The van der Waals surface area contributed by atoms with E-state index >= 15 is 0 Å². The van der Waals surface area contributed by atoms with Gasteiger partial charge in [-0.1, -0.05) is 11.6 Å². The van der Waals surface area contributed by atoms with E-state index in [1.165, 1.54) is 6.92 Å². The largest absolute Gasteiger partial charge is 0.326 e. The zero-order chi connectivity index (χ0) is 20.6. The minimum absolute atomic E-state index is 0.151. The van der Waals surface area contributed by atoms with Gasteiger partial charge in [0.2, 0.25) is 5.91 Å². The summed E-state index contributed by atoms with van der Waals surface area (Å²) in [5.41, 5.74) is 4.72. The molecule has 5 heteroatoms. The summed E-state index contributed by atoms with van der Waals surface area (Å²) < 4.78 is 1.58. The molecule has 2 aromatic carbocycles. The minimum atomic E-state index is -0.649. The highest BCUT2D eigenvalue weighted by Gasteiger charge is 2.21. The maximum absolute atomic E-state index is 13.1. The summed E-state index contributed by atoms with van der Waals surface area (Å²) in [6.45, 7) is 9.08. The highest BCUT2D eigenvalue weighted by Crippen LogP contribution is 2.26. The summed E-state index contributed by atoms with van der Waals surface area (Å²) in [5.74, 6) is -0.322. The number of carbonyl (C=O) groups is 2. The molecule has 0 aliphatic carbocycles. The predicted octanol–water partition coefficient (Wildman–Crippen LogP) is 4.33. The zero-order valence-electron chi connectivity index (χ0n) is 16.8. The number of nitrogens with one attached hydrogen (secondary N) is 1. The lowest BCUT2D eigenvalue weighted by Crippen LogP contribution is -2.29. The van der Waals surface area contributed by atoms with Crippen molar-refractivity contribution in [2.24, 2.45) is 0 Å². The monoisotopic (exact) mass is 376 g/mol. The van der Waals surface area contributed by atoms with Crippen LogP contribution in [0.15, 0.2) is 47.3 Å². The van der Waals surface area contributed by atoms with E-state index in [-0.39, 0.29) is 17.2 Å². The van der Waals surface area contributed by atoms with Crippen molar-refractivity contribution < 1.29 is 9.59 Å². The van der Waals surface area contributed by atoms with Gasteiger partial charge in [0.05, 0.1) is 11.6 Å². The van der Waals surface area contributed by atoms with E-state index < -0.39 is 6.04 Å². The number of fused-ring (bicyclic) bond motifs is 1. The van der Waals surface area contributed by atoms with Crippen LogP contribution in [0.5, 0.6) is 0 Å². The molecule has 0 bridgehead atoms. The molecule has 0 saturated heterocycles. The Morgan fingerprint density at radius 2 is 1.61 bits per heavy atom. The van der Waals surface area contributed by atoms with E-state index in [0.717, 1.165) is 27.6 Å². The van der Waals surface area contributed by atoms with Crippen molar-refractivity contribution in [3.63, 3.8) is 0 Å². The molecule has 1 heterocycles. The molecule has 1 atom stereocenters. The first-order chi connectivity index (χ1) is 13.2. The average Bonchev–Trinajstić information content (AvgIpc) is 2.62. The van der Waals surface area contributed by atoms with Crippen LogP contribution in [0.4, 0.5) is 5.69 Å². The predicted molar refractivity (Wildman–Crippen MR) is 112 cm³/mol. The molecule has 0 radical (unpaired) electrons. The fraction of sp³-hybridized carbons (Fsp3) is 0.261. The van der Waals surface area contributed by atoms with Gasteiger partial charge < -0.3 is 5.32 Å². The first kappa shape index (κ1) is 19.5. The summed E-state index contributed by atoms with van der Waals surface area (Å²) in [6, 6.07) is 11.7. The van der Waals surface area contributed by atoms with Gasteiger partial charge in [-0.2, -0.15) is 0 Å². The summed E-state index contributed by atoms with van der Waals surface area (Å²) in [6.07, 6.45) is 0. The number of ketones is 1. The third kappa shape index (κ3) is 3.60. The van der Waals surface area contributed by atoms with Crippen LogP contribution in [0.1, 0.15) is 46.9 Å². The van der Waals surface area contributed by atoms with E-state index in [0.29, 0.717) is 11.3 Å². The standard InChI is InChI=1S/C23H24N2O3/c1-13-10-15(3)22-20(11-13)14(2)12-21(27)25(22)16(4)23(28)18-6-8-19(9-7-18)24-17(5)26/h6-12,16H,1-5H3,(H,24,26). The molecule has 3 aromatic rings. The summed E-state index contributed by atoms with van der Waals surface area (Å²) >= 11 is 0. The SMILES string of the molecule is CC(=O)Nc1ccc(C(=O)C(C)n2c(=O)cc(C)c3cc(C)cc(C)c32)cc1. The number of aromatic nitrogens is 1. The van der Waals surface area contributed by atoms with E-state index in [1.54, 1.807) is 41.8 Å². The summed E-state index contributed by atoms with van der Waals surface area (Å²) in [7, 11) is 0. The second-order valence-electron chi connectivity index (χ2n) is 7.31. The molecule has 144 valence electrons. The molecule has 28 heavy (non-hydrogen) atoms. The number of amides is 1. The number of benzene rings is 2. The van der Waals surface area contributed by atoms with Crippen LogP contribution >= 0.6 is 0 Å². The Labute approximate surface area is 164 Å². The molecule has 1 unspecified atom stereocenters. The maximum Gasteiger partial charge on any atom is 0.251 e. The molecule has 0 saturated carbocycles. The molecule has 0 aliphatic rings. The molecule has 1 N–H and O–H groups in total. The Hall–Kier alpha value is -3.21. The maximum atomic E-state index is 13.1. The topological polar surface area (TPSA) is 68.2 Å².